The van der Waals surface area contributed by atoms with E-state index in [1.807, 2.05) is 20.8 Å². The second kappa shape index (κ2) is 32.7. The van der Waals surface area contributed by atoms with Crippen LogP contribution in [0.2, 0.25) is 0 Å². The molecule has 1 unspecified atom stereocenters. The summed E-state index contributed by atoms with van der Waals surface area (Å²) in [5.41, 5.74) is -0.118. The van der Waals surface area contributed by atoms with Crippen LogP contribution in [-0.4, -0.2) is 184 Å². The molecule has 5 amide bonds. The number of hydrogen-bond donors (Lipinski definition) is 2. The van der Waals surface area contributed by atoms with E-state index in [0.717, 1.165) is 17.7 Å². The lowest BCUT2D eigenvalue weighted by atomic mass is 10.0. The summed E-state index contributed by atoms with van der Waals surface area (Å²) < 4.78 is 60.1. The third kappa shape index (κ3) is 23.3. The maximum Gasteiger partial charge on any atom is 0.308 e. The fourth-order valence-corrected chi connectivity index (χ4v) is 6.13. The van der Waals surface area contributed by atoms with Crippen LogP contribution in [0.1, 0.15) is 86.4 Å². The molecular formula is C44H69N3O17. The first kappa shape index (κ1) is 54.4. The van der Waals surface area contributed by atoms with Gasteiger partial charge in [-0.05, 0) is 52.2 Å². The van der Waals surface area contributed by atoms with E-state index < -0.39 is 35.3 Å². The van der Waals surface area contributed by atoms with Gasteiger partial charge in [-0.15, -0.1) is 0 Å². The average Bonchev–Trinajstić information content (AvgIpc) is 3.50. The average molecular weight is 912 g/mol. The number of hydrogen-bond acceptors (Lipinski definition) is 17. The number of esters is 1. The number of anilines is 1. The van der Waals surface area contributed by atoms with Gasteiger partial charge in [-0.3, -0.25) is 39.0 Å². The predicted octanol–water partition coefficient (Wildman–Crippen LogP) is 2.48. The fraction of sp³-hybridized carbons (Fsp3) is 0.727. The first-order chi connectivity index (χ1) is 31.0. The molecule has 1 atom stereocenters. The molecule has 1 aromatic carbocycles. The van der Waals surface area contributed by atoms with Crippen molar-refractivity contribution in [2.24, 2.45) is 0 Å². The van der Waals surface area contributed by atoms with E-state index in [1.54, 1.807) is 12.1 Å². The van der Waals surface area contributed by atoms with Crippen molar-refractivity contribution in [2.75, 3.05) is 137 Å². The lowest BCUT2D eigenvalue weighted by Gasteiger charge is -2.27. The van der Waals surface area contributed by atoms with Crippen LogP contribution in [0, 0.1) is 0 Å². The molecule has 0 radical (unpaired) electrons. The summed E-state index contributed by atoms with van der Waals surface area (Å²) in [6.45, 7) is 14.4. The minimum absolute atomic E-state index is 0.0249. The van der Waals surface area contributed by atoms with Gasteiger partial charge in [0.2, 0.25) is 17.7 Å². The Bertz CT molecular complexity index is 1560. The molecule has 1 saturated heterocycles. The van der Waals surface area contributed by atoms with Gasteiger partial charge in [0.05, 0.1) is 149 Å². The maximum absolute atomic E-state index is 13.2. The molecular weight excluding hydrogens is 842 g/mol. The highest BCUT2D eigenvalue weighted by Crippen LogP contribution is 2.32. The van der Waals surface area contributed by atoms with Gasteiger partial charge in [-0.2, -0.15) is 0 Å². The molecule has 0 bridgehead atoms. The number of amides is 5. The minimum Gasteiger partial charge on any atom is -0.460 e. The van der Waals surface area contributed by atoms with Gasteiger partial charge in [-0.25, -0.2) is 0 Å². The normalized spacial score (nSPS) is 15.2. The number of carbonyl (C=O) groups is 6. The predicted molar refractivity (Wildman–Crippen MR) is 229 cm³/mol. The largest absolute Gasteiger partial charge is 0.460 e. The summed E-state index contributed by atoms with van der Waals surface area (Å²) in [6, 6.07) is 3.52. The zero-order chi connectivity index (χ0) is 46.3. The number of piperidine rings is 1. The topological polar surface area (TPSA) is 231 Å². The Balaban J connectivity index is 0.987. The Morgan fingerprint density at radius 1 is 0.594 bits per heavy atom. The number of ether oxygens (including phenoxy) is 11. The lowest BCUT2D eigenvalue weighted by molar-refractivity contribution is -0.156. The zero-order valence-electron chi connectivity index (χ0n) is 37.8. The van der Waals surface area contributed by atoms with Gasteiger partial charge in [-0.1, -0.05) is 12.5 Å². The number of unbranched alkanes of at least 4 members (excludes halogenated alkanes) is 2. The van der Waals surface area contributed by atoms with E-state index in [1.165, 1.54) is 6.07 Å². The first-order valence-corrected chi connectivity index (χ1v) is 22.1. The highest BCUT2D eigenvalue weighted by Gasteiger charge is 2.45. The number of nitrogens with zero attached hydrogens (tertiary/aromatic N) is 1. The minimum atomic E-state index is -1.08. The highest BCUT2D eigenvalue weighted by atomic mass is 16.6. The summed E-state index contributed by atoms with van der Waals surface area (Å²) >= 11 is 0. The second-order valence-corrected chi connectivity index (χ2v) is 15.5. The van der Waals surface area contributed by atoms with Crippen LogP contribution in [0.4, 0.5) is 5.69 Å². The fourth-order valence-electron chi connectivity index (χ4n) is 6.13. The monoisotopic (exact) mass is 911 g/mol. The van der Waals surface area contributed by atoms with Gasteiger partial charge >= 0.3 is 5.97 Å². The van der Waals surface area contributed by atoms with E-state index in [0.29, 0.717) is 139 Å². The molecule has 0 aliphatic carbocycles. The van der Waals surface area contributed by atoms with Crippen molar-refractivity contribution >= 4 is 41.2 Å². The van der Waals surface area contributed by atoms with E-state index in [4.69, 9.17) is 52.1 Å². The second-order valence-electron chi connectivity index (χ2n) is 15.5. The summed E-state index contributed by atoms with van der Waals surface area (Å²) in [4.78, 5) is 75.2. The molecule has 0 aromatic heterocycles. The van der Waals surface area contributed by atoms with E-state index >= 15 is 0 Å². The Morgan fingerprint density at radius 3 is 1.50 bits per heavy atom. The van der Waals surface area contributed by atoms with E-state index in [-0.39, 0.29) is 54.4 Å². The van der Waals surface area contributed by atoms with Gasteiger partial charge in [0.25, 0.3) is 11.8 Å². The maximum atomic E-state index is 13.2. The third-order valence-electron chi connectivity index (χ3n) is 9.15. The van der Waals surface area contributed by atoms with Crippen LogP contribution < -0.4 is 10.6 Å². The summed E-state index contributed by atoms with van der Waals surface area (Å²) in [5.74, 6) is -3.01. The molecule has 64 heavy (non-hydrogen) atoms. The Kier molecular flexibility index (Phi) is 27.7. The number of rotatable bonds is 38. The van der Waals surface area contributed by atoms with Crippen molar-refractivity contribution in [1.82, 2.24) is 10.2 Å². The molecule has 2 heterocycles. The third-order valence-corrected chi connectivity index (χ3v) is 9.15. The van der Waals surface area contributed by atoms with Crippen LogP contribution in [0.3, 0.4) is 0 Å². The molecule has 0 saturated carbocycles. The number of fused-ring (bicyclic) bond motifs is 1. The zero-order valence-corrected chi connectivity index (χ0v) is 37.8. The number of imide groups is 2. The molecule has 2 aliphatic rings. The highest BCUT2D eigenvalue weighted by molar-refractivity contribution is 6.26. The van der Waals surface area contributed by atoms with Gasteiger partial charge in [0, 0.05) is 19.4 Å². The van der Waals surface area contributed by atoms with Crippen molar-refractivity contribution in [1.29, 1.82) is 0 Å². The first-order valence-electron chi connectivity index (χ1n) is 22.1. The molecule has 0 spiro atoms. The summed E-state index contributed by atoms with van der Waals surface area (Å²) in [5, 5.41) is 4.90. The molecule has 3 rings (SSSR count). The van der Waals surface area contributed by atoms with Gasteiger partial charge < -0.3 is 57.4 Å². The standard InChI is InChI=1S/C44H69N3O17/c1-44(2,3)64-39(50)13-15-55-17-19-57-21-23-59-25-27-61-29-31-63-33-32-62-30-28-60-26-24-58-22-20-56-18-16-54-14-6-4-5-10-37(48)45-35-9-7-8-34-40(35)43(53)47(42(34)52)36-11-12-38(49)46-41(36)51/h7-9,36H,4-6,10-33H2,1-3H3,(H,45,48)(H,46,49,51). The number of nitrogens with one attached hydrogen (secondary N) is 2. The van der Waals surface area contributed by atoms with E-state index in [2.05, 4.69) is 10.6 Å². The Morgan fingerprint density at radius 2 is 1.05 bits per heavy atom. The van der Waals surface area contributed by atoms with Crippen molar-refractivity contribution < 1.29 is 80.9 Å². The molecule has 20 heteroatoms. The van der Waals surface area contributed by atoms with Crippen LogP contribution in [-0.2, 0) is 71.3 Å². The quantitative estimate of drug-likeness (QED) is 0.0551. The summed E-state index contributed by atoms with van der Waals surface area (Å²) in [7, 11) is 0. The SMILES string of the molecule is CC(C)(C)OC(=O)CCOCCOCCOCCOCCOCCOCCOCCOCCOCCOCCCCCC(=O)Nc1cccc2c1C(=O)N(C1CCC(=O)NC1=O)C2=O. The van der Waals surface area contributed by atoms with Crippen molar-refractivity contribution in [3.8, 4) is 0 Å². The number of benzene rings is 1. The molecule has 1 fully saturated rings. The number of carbonyl (C=O) groups excluding carboxylic acids is 6. The van der Waals surface area contributed by atoms with E-state index in [9.17, 15) is 28.8 Å². The van der Waals surface area contributed by atoms with Gasteiger partial charge in [0.15, 0.2) is 0 Å². The van der Waals surface area contributed by atoms with Crippen molar-refractivity contribution in [3.05, 3.63) is 29.3 Å². The van der Waals surface area contributed by atoms with Crippen molar-refractivity contribution in [3.63, 3.8) is 0 Å². The van der Waals surface area contributed by atoms with Crippen LogP contribution in [0.25, 0.3) is 0 Å². The smallest absolute Gasteiger partial charge is 0.308 e. The van der Waals surface area contributed by atoms with Crippen molar-refractivity contribution in [2.45, 2.75) is 77.4 Å². The lowest BCUT2D eigenvalue weighted by Crippen LogP contribution is -2.54. The molecule has 1 aromatic rings. The summed E-state index contributed by atoms with van der Waals surface area (Å²) in [6.07, 6.45) is 2.64. The molecule has 2 N–H and O–H groups in total. The molecule has 2 aliphatic heterocycles. The Hall–Kier alpha value is -3.96. The molecule has 20 nitrogen and oxygen atoms in total. The van der Waals surface area contributed by atoms with Crippen LogP contribution in [0.15, 0.2) is 18.2 Å². The van der Waals surface area contributed by atoms with Gasteiger partial charge in [0.1, 0.15) is 11.6 Å². The van der Waals surface area contributed by atoms with Crippen LogP contribution in [0.5, 0.6) is 0 Å². The molecule has 362 valence electrons. The Labute approximate surface area is 375 Å². The van der Waals surface area contributed by atoms with Crippen LogP contribution >= 0.6 is 0 Å².